The molecule has 1 aliphatic heterocycles. The van der Waals surface area contributed by atoms with E-state index >= 15 is 0 Å². The molecule has 0 spiro atoms. The van der Waals surface area contributed by atoms with Gasteiger partial charge < -0.3 is 14.6 Å². The van der Waals surface area contributed by atoms with E-state index in [0.29, 0.717) is 17.9 Å². The first-order valence-corrected chi connectivity index (χ1v) is 8.07. The summed E-state index contributed by atoms with van der Waals surface area (Å²) < 4.78 is 43.3. The lowest BCUT2D eigenvalue weighted by Crippen LogP contribution is -2.32. The van der Waals surface area contributed by atoms with Gasteiger partial charge in [-0.3, -0.25) is 9.59 Å². The van der Waals surface area contributed by atoms with Crippen molar-refractivity contribution in [2.24, 2.45) is 5.92 Å². The number of benzene rings is 1. The summed E-state index contributed by atoms with van der Waals surface area (Å²) in [6.45, 7) is 0.531. The van der Waals surface area contributed by atoms with Crippen LogP contribution in [0.25, 0.3) is 0 Å². The molecule has 1 atom stereocenters. The normalized spacial score (nSPS) is 17.6. The minimum Gasteiger partial charge on any atom is -0.467 e. The van der Waals surface area contributed by atoms with Crippen molar-refractivity contribution in [1.29, 1.82) is 0 Å². The third-order valence-electron chi connectivity index (χ3n) is 4.23. The highest BCUT2D eigenvalue weighted by molar-refractivity contribution is 5.89. The molecule has 0 aliphatic carbocycles. The number of amides is 2. The fraction of sp³-hybridized carbons (Fsp3) is 0.333. The zero-order valence-corrected chi connectivity index (χ0v) is 13.8. The van der Waals surface area contributed by atoms with E-state index in [-0.39, 0.29) is 31.3 Å². The molecule has 0 bridgehead atoms. The second-order valence-corrected chi connectivity index (χ2v) is 6.17. The summed E-state index contributed by atoms with van der Waals surface area (Å²) in [5.74, 6) is -0.398. The topological polar surface area (TPSA) is 62.6 Å². The lowest BCUT2D eigenvalue weighted by Gasteiger charge is -2.15. The van der Waals surface area contributed by atoms with Gasteiger partial charge in [-0.15, -0.1) is 0 Å². The van der Waals surface area contributed by atoms with Crippen LogP contribution in [0, 0.1) is 5.92 Å². The van der Waals surface area contributed by atoms with Crippen LogP contribution in [-0.4, -0.2) is 23.3 Å². The number of carbonyl (C=O) groups is 2. The van der Waals surface area contributed by atoms with Gasteiger partial charge in [0.2, 0.25) is 11.8 Å². The summed E-state index contributed by atoms with van der Waals surface area (Å²) in [5.41, 5.74) is -0.408. The highest BCUT2D eigenvalue weighted by Gasteiger charge is 2.34. The van der Waals surface area contributed by atoms with Crippen LogP contribution in [0.2, 0.25) is 0 Å². The zero-order valence-electron chi connectivity index (χ0n) is 13.8. The summed E-state index contributed by atoms with van der Waals surface area (Å²) in [6.07, 6.45) is -2.84. The van der Waals surface area contributed by atoms with Crippen LogP contribution < -0.4 is 5.32 Å². The molecule has 8 heteroatoms. The Kier molecular flexibility index (Phi) is 5.01. The smallest absolute Gasteiger partial charge is 0.416 e. The van der Waals surface area contributed by atoms with Gasteiger partial charge in [0, 0.05) is 19.5 Å². The number of carbonyl (C=O) groups excluding carboxylic acids is 2. The first-order chi connectivity index (χ1) is 12.3. The average Bonchev–Trinajstić information content (AvgIpc) is 3.23. The maximum absolute atomic E-state index is 12.7. The van der Waals surface area contributed by atoms with E-state index < -0.39 is 17.7 Å². The van der Waals surface area contributed by atoms with Crippen molar-refractivity contribution in [3.63, 3.8) is 0 Å². The number of hydrogen-bond acceptors (Lipinski definition) is 3. The Morgan fingerprint density at radius 1 is 1.27 bits per heavy atom. The lowest BCUT2D eigenvalue weighted by atomic mass is 10.1. The first kappa shape index (κ1) is 18.0. The minimum absolute atomic E-state index is 0.0222. The van der Waals surface area contributed by atoms with Gasteiger partial charge >= 0.3 is 6.18 Å². The first-order valence-electron chi connectivity index (χ1n) is 8.07. The SMILES string of the molecule is O=C(NCc1cccc(C(F)(F)F)c1)[C@@H]1CC(=O)N(Cc2ccco2)C1. The highest BCUT2D eigenvalue weighted by Crippen LogP contribution is 2.29. The quantitative estimate of drug-likeness (QED) is 0.885. The van der Waals surface area contributed by atoms with Crippen LogP contribution in [0.3, 0.4) is 0 Å². The molecular weight excluding hydrogens is 349 g/mol. The zero-order chi connectivity index (χ0) is 18.7. The van der Waals surface area contributed by atoms with Gasteiger partial charge in [0.25, 0.3) is 0 Å². The number of nitrogens with one attached hydrogen (secondary N) is 1. The number of likely N-dealkylation sites (tertiary alicyclic amines) is 1. The van der Waals surface area contributed by atoms with E-state index in [1.807, 2.05) is 0 Å². The minimum atomic E-state index is -4.43. The van der Waals surface area contributed by atoms with Gasteiger partial charge in [-0.25, -0.2) is 0 Å². The van der Waals surface area contributed by atoms with E-state index in [4.69, 9.17) is 4.42 Å². The van der Waals surface area contributed by atoms with Gasteiger partial charge in [-0.2, -0.15) is 13.2 Å². The molecular formula is C18H17F3N2O3. The Balaban J connectivity index is 1.55. The number of rotatable bonds is 5. The Labute approximate surface area is 147 Å². The van der Waals surface area contributed by atoms with Crippen molar-refractivity contribution in [1.82, 2.24) is 10.2 Å². The van der Waals surface area contributed by atoms with Gasteiger partial charge in [-0.05, 0) is 29.8 Å². The second kappa shape index (κ2) is 7.23. The number of furan rings is 1. The van der Waals surface area contributed by atoms with E-state index in [2.05, 4.69) is 5.32 Å². The maximum atomic E-state index is 12.7. The molecule has 2 aromatic rings. The standard InChI is InChI=1S/C18H17F3N2O3/c19-18(20,21)14-4-1-3-12(7-14)9-22-17(25)13-8-16(24)23(10-13)11-15-5-2-6-26-15/h1-7,13H,8-11H2,(H,22,25)/t13-/m1/s1. The van der Waals surface area contributed by atoms with Gasteiger partial charge in [0.1, 0.15) is 5.76 Å². The molecule has 1 aromatic carbocycles. The second-order valence-electron chi connectivity index (χ2n) is 6.17. The average molecular weight is 366 g/mol. The monoisotopic (exact) mass is 366 g/mol. The third-order valence-corrected chi connectivity index (χ3v) is 4.23. The predicted molar refractivity (Wildman–Crippen MR) is 85.5 cm³/mol. The molecule has 0 radical (unpaired) electrons. The molecule has 0 unspecified atom stereocenters. The van der Waals surface area contributed by atoms with Crippen molar-refractivity contribution >= 4 is 11.8 Å². The van der Waals surface area contributed by atoms with E-state index in [0.717, 1.165) is 12.1 Å². The summed E-state index contributed by atoms with van der Waals surface area (Å²) in [7, 11) is 0. The molecule has 2 amide bonds. The molecule has 5 nitrogen and oxygen atoms in total. The summed E-state index contributed by atoms with van der Waals surface area (Å²) in [4.78, 5) is 25.8. The maximum Gasteiger partial charge on any atom is 0.416 e. The van der Waals surface area contributed by atoms with Crippen molar-refractivity contribution in [2.75, 3.05) is 6.54 Å². The molecule has 1 saturated heterocycles. The third kappa shape index (κ3) is 4.25. The van der Waals surface area contributed by atoms with E-state index in [9.17, 15) is 22.8 Å². The molecule has 26 heavy (non-hydrogen) atoms. The number of halogens is 3. The van der Waals surface area contributed by atoms with Crippen molar-refractivity contribution < 1.29 is 27.2 Å². The summed E-state index contributed by atoms with van der Waals surface area (Å²) in [6, 6.07) is 8.26. The van der Waals surface area contributed by atoms with Gasteiger partial charge in [0.15, 0.2) is 0 Å². The van der Waals surface area contributed by atoms with Crippen LogP contribution in [0.4, 0.5) is 13.2 Å². The number of nitrogens with zero attached hydrogens (tertiary/aromatic N) is 1. The van der Waals surface area contributed by atoms with Crippen molar-refractivity contribution in [2.45, 2.75) is 25.7 Å². The van der Waals surface area contributed by atoms with Gasteiger partial charge in [-0.1, -0.05) is 12.1 Å². The lowest BCUT2D eigenvalue weighted by molar-refractivity contribution is -0.137. The van der Waals surface area contributed by atoms with Crippen LogP contribution in [0.1, 0.15) is 23.3 Å². The predicted octanol–water partition coefficient (Wildman–Crippen LogP) is 2.96. The number of hydrogen-bond donors (Lipinski definition) is 1. The molecule has 1 N–H and O–H groups in total. The van der Waals surface area contributed by atoms with Crippen LogP contribution >= 0.6 is 0 Å². The summed E-state index contributed by atoms with van der Waals surface area (Å²) in [5, 5.41) is 2.61. The Bertz CT molecular complexity index is 787. The molecule has 0 saturated carbocycles. The highest BCUT2D eigenvalue weighted by atomic mass is 19.4. The fourth-order valence-corrected chi connectivity index (χ4v) is 2.88. The molecule has 1 fully saturated rings. The molecule has 1 aliphatic rings. The van der Waals surface area contributed by atoms with E-state index in [1.54, 1.807) is 12.1 Å². The fourth-order valence-electron chi connectivity index (χ4n) is 2.88. The molecule has 2 heterocycles. The Morgan fingerprint density at radius 3 is 2.77 bits per heavy atom. The van der Waals surface area contributed by atoms with Crippen molar-refractivity contribution in [3.8, 4) is 0 Å². The number of alkyl halides is 3. The molecule has 1 aromatic heterocycles. The van der Waals surface area contributed by atoms with Crippen LogP contribution in [0.15, 0.2) is 47.1 Å². The Morgan fingerprint density at radius 2 is 2.08 bits per heavy atom. The van der Waals surface area contributed by atoms with Gasteiger partial charge in [0.05, 0.1) is 24.3 Å². The van der Waals surface area contributed by atoms with Crippen molar-refractivity contribution in [3.05, 3.63) is 59.5 Å². The molecule has 138 valence electrons. The molecule has 3 rings (SSSR count). The van der Waals surface area contributed by atoms with Crippen LogP contribution in [-0.2, 0) is 28.9 Å². The van der Waals surface area contributed by atoms with Crippen LogP contribution in [0.5, 0.6) is 0 Å². The summed E-state index contributed by atoms with van der Waals surface area (Å²) >= 11 is 0. The largest absolute Gasteiger partial charge is 0.467 e. The Hall–Kier alpha value is -2.77. The van der Waals surface area contributed by atoms with E-state index in [1.165, 1.54) is 23.3 Å².